The molecule has 4 heteroatoms. The van der Waals surface area contributed by atoms with Gasteiger partial charge in [0.25, 0.3) is 5.69 Å². The maximum absolute atomic E-state index is 10.9. The Morgan fingerprint density at radius 2 is 2.25 bits per heavy atom. The highest BCUT2D eigenvalue weighted by Crippen LogP contribution is 2.25. The van der Waals surface area contributed by atoms with E-state index in [-0.39, 0.29) is 23.1 Å². The maximum atomic E-state index is 10.9. The van der Waals surface area contributed by atoms with Crippen molar-refractivity contribution in [1.29, 1.82) is 0 Å². The average molecular weight is 222 g/mol. The van der Waals surface area contributed by atoms with Gasteiger partial charge in [-0.15, -0.1) is 0 Å². The molecule has 1 aromatic carbocycles. The van der Waals surface area contributed by atoms with Crippen molar-refractivity contribution in [2.45, 2.75) is 25.7 Å². The van der Waals surface area contributed by atoms with Crippen LogP contribution in [0.3, 0.4) is 0 Å². The number of benzene rings is 1. The van der Waals surface area contributed by atoms with Crippen LogP contribution in [-0.4, -0.2) is 16.6 Å². The second kappa shape index (κ2) is 5.61. The number of hydrogen-bond donors (Lipinski definition) is 1. The van der Waals surface area contributed by atoms with Crippen molar-refractivity contribution in [1.82, 2.24) is 0 Å². The first-order valence-corrected chi connectivity index (χ1v) is 5.31. The van der Waals surface area contributed by atoms with Crippen LogP contribution in [0, 0.1) is 17.0 Å². The third-order valence-corrected chi connectivity index (χ3v) is 2.52. The third kappa shape index (κ3) is 2.79. The number of nitro benzene ring substituents is 1. The van der Waals surface area contributed by atoms with E-state index in [0.717, 1.165) is 12.0 Å². The van der Waals surface area contributed by atoms with Gasteiger partial charge in [-0.05, 0) is 18.9 Å². The molecule has 1 unspecified atom stereocenters. The van der Waals surface area contributed by atoms with E-state index >= 15 is 0 Å². The number of rotatable bonds is 5. The zero-order valence-electron chi connectivity index (χ0n) is 9.35. The van der Waals surface area contributed by atoms with Gasteiger partial charge < -0.3 is 5.11 Å². The first-order chi connectivity index (χ1) is 7.60. The van der Waals surface area contributed by atoms with Gasteiger partial charge in [0.15, 0.2) is 0 Å². The summed E-state index contributed by atoms with van der Waals surface area (Å²) in [5, 5.41) is 19.8. The minimum atomic E-state index is -0.376. The molecule has 0 amide bonds. The van der Waals surface area contributed by atoms with Crippen LogP contribution >= 0.6 is 0 Å². The van der Waals surface area contributed by atoms with Crippen LogP contribution < -0.4 is 0 Å². The van der Waals surface area contributed by atoms with E-state index in [1.807, 2.05) is 6.92 Å². The quantitative estimate of drug-likeness (QED) is 0.614. The van der Waals surface area contributed by atoms with Gasteiger partial charge in [-0.2, -0.15) is 0 Å². The molecule has 0 aliphatic carbocycles. The molecule has 1 rings (SSSR count). The van der Waals surface area contributed by atoms with Gasteiger partial charge in [-0.25, -0.2) is 0 Å². The van der Waals surface area contributed by atoms with Crippen LogP contribution in [0.4, 0.5) is 5.69 Å². The fourth-order valence-electron chi connectivity index (χ4n) is 1.59. The highest BCUT2D eigenvalue weighted by molar-refractivity contribution is 5.44. The Hall–Kier alpha value is -1.42. The zero-order chi connectivity index (χ0) is 12.1. The van der Waals surface area contributed by atoms with E-state index < -0.39 is 0 Å². The third-order valence-electron chi connectivity index (χ3n) is 2.52. The Bertz CT molecular complexity index is 377. The van der Waals surface area contributed by atoms with E-state index in [9.17, 15) is 10.1 Å². The smallest absolute Gasteiger partial charge is 0.272 e. The summed E-state index contributed by atoms with van der Waals surface area (Å²) in [6.07, 6.45) is 1.56. The summed E-state index contributed by atoms with van der Waals surface area (Å²) in [7, 11) is 0. The van der Waals surface area contributed by atoms with Gasteiger partial charge in [0.05, 0.1) is 4.92 Å². The maximum Gasteiger partial charge on any atom is 0.272 e. The first kappa shape index (κ1) is 12.6. The topological polar surface area (TPSA) is 63.4 Å². The summed E-state index contributed by atoms with van der Waals surface area (Å²) >= 11 is 0. The molecule has 1 N–H and O–H groups in total. The standard InChI is InChI=1S/C12H16NO3/c1-3-4-10-5-6-11(9(2)8-14)7-12(10)13(15)16/h5-7,9,14H,2-4,8H2,1H3. The molecule has 16 heavy (non-hydrogen) atoms. The molecule has 0 heterocycles. The number of nitro groups is 1. The largest absolute Gasteiger partial charge is 0.396 e. The summed E-state index contributed by atoms with van der Waals surface area (Å²) in [6.45, 7) is 5.61. The predicted octanol–water partition coefficient (Wildman–Crippen LogP) is 2.46. The fraction of sp³-hybridized carbons (Fsp3) is 0.417. The van der Waals surface area contributed by atoms with Crippen LogP contribution in [0.15, 0.2) is 18.2 Å². The number of aryl methyl sites for hydroxylation is 1. The van der Waals surface area contributed by atoms with Crippen molar-refractivity contribution >= 4 is 5.69 Å². The average Bonchev–Trinajstić information content (AvgIpc) is 2.28. The normalized spacial score (nSPS) is 12.4. The Morgan fingerprint density at radius 1 is 1.56 bits per heavy atom. The molecule has 1 aromatic rings. The van der Waals surface area contributed by atoms with E-state index in [4.69, 9.17) is 5.11 Å². The minimum absolute atomic E-state index is 0.107. The molecule has 0 fully saturated rings. The van der Waals surface area contributed by atoms with Crippen LogP contribution in [0.25, 0.3) is 0 Å². The van der Waals surface area contributed by atoms with E-state index in [0.29, 0.717) is 12.0 Å². The number of nitrogens with zero attached hydrogens (tertiary/aromatic N) is 1. The van der Waals surface area contributed by atoms with Crippen LogP contribution in [0.1, 0.15) is 30.4 Å². The summed E-state index contributed by atoms with van der Waals surface area (Å²) in [5.41, 5.74) is 1.57. The van der Waals surface area contributed by atoms with Crippen molar-refractivity contribution in [2.24, 2.45) is 0 Å². The van der Waals surface area contributed by atoms with Crippen LogP contribution in [-0.2, 0) is 6.42 Å². The van der Waals surface area contributed by atoms with Crippen molar-refractivity contribution in [3.63, 3.8) is 0 Å². The van der Waals surface area contributed by atoms with Gasteiger partial charge in [0, 0.05) is 24.2 Å². The van der Waals surface area contributed by atoms with Crippen molar-refractivity contribution < 1.29 is 10.0 Å². The molecule has 0 bridgehead atoms. The SMILES string of the molecule is [CH2]C(CO)c1ccc(CCC)c([N+](=O)[O-])c1. The zero-order valence-corrected chi connectivity index (χ0v) is 9.35. The van der Waals surface area contributed by atoms with Crippen molar-refractivity contribution in [2.75, 3.05) is 6.61 Å². The molecule has 1 radical (unpaired) electrons. The van der Waals surface area contributed by atoms with E-state index in [2.05, 4.69) is 6.92 Å². The molecule has 87 valence electrons. The fourth-order valence-corrected chi connectivity index (χ4v) is 1.59. The second-order valence-corrected chi connectivity index (χ2v) is 3.77. The highest BCUT2D eigenvalue weighted by Gasteiger charge is 2.15. The molecule has 0 aliphatic rings. The van der Waals surface area contributed by atoms with Crippen LogP contribution in [0.5, 0.6) is 0 Å². The summed E-state index contributed by atoms with van der Waals surface area (Å²) in [4.78, 5) is 10.5. The first-order valence-electron chi connectivity index (χ1n) is 5.31. The molecule has 0 aromatic heterocycles. The second-order valence-electron chi connectivity index (χ2n) is 3.77. The van der Waals surface area contributed by atoms with Gasteiger partial charge in [0.1, 0.15) is 0 Å². The molecule has 0 saturated heterocycles. The monoisotopic (exact) mass is 222 g/mol. The lowest BCUT2D eigenvalue weighted by molar-refractivity contribution is -0.385. The van der Waals surface area contributed by atoms with Gasteiger partial charge in [0.2, 0.25) is 0 Å². The highest BCUT2D eigenvalue weighted by atomic mass is 16.6. The van der Waals surface area contributed by atoms with Crippen molar-refractivity contribution in [3.8, 4) is 0 Å². The number of aliphatic hydroxyl groups is 1. The van der Waals surface area contributed by atoms with Gasteiger partial charge >= 0.3 is 0 Å². The lowest BCUT2D eigenvalue weighted by Crippen LogP contribution is -2.02. The lowest BCUT2D eigenvalue weighted by atomic mass is 9.98. The molecular formula is C12H16NO3. The van der Waals surface area contributed by atoms with Gasteiger partial charge in [-0.1, -0.05) is 25.5 Å². The molecule has 4 nitrogen and oxygen atoms in total. The van der Waals surface area contributed by atoms with Crippen molar-refractivity contribution in [3.05, 3.63) is 46.4 Å². The number of aliphatic hydroxyl groups excluding tert-OH is 1. The minimum Gasteiger partial charge on any atom is -0.396 e. The molecule has 0 spiro atoms. The van der Waals surface area contributed by atoms with Gasteiger partial charge in [-0.3, -0.25) is 10.1 Å². The van der Waals surface area contributed by atoms with E-state index in [1.54, 1.807) is 12.1 Å². The molecular weight excluding hydrogens is 206 g/mol. The molecule has 0 aliphatic heterocycles. The lowest BCUT2D eigenvalue weighted by Gasteiger charge is -2.09. The Labute approximate surface area is 95.1 Å². The Kier molecular flexibility index (Phi) is 4.43. The van der Waals surface area contributed by atoms with E-state index in [1.165, 1.54) is 6.07 Å². The molecule has 0 saturated carbocycles. The predicted molar refractivity (Wildman–Crippen MR) is 62.3 cm³/mol. The molecule has 1 atom stereocenters. The van der Waals surface area contributed by atoms with Crippen LogP contribution in [0.2, 0.25) is 0 Å². The Morgan fingerprint density at radius 3 is 2.75 bits per heavy atom. The number of hydrogen-bond acceptors (Lipinski definition) is 3. The summed E-state index contributed by atoms with van der Waals surface area (Å²) in [5.74, 6) is -0.311. The Balaban J connectivity index is 3.12. The summed E-state index contributed by atoms with van der Waals surface area (Å²) in [6, 6.07) is 5.07. The summed E-state index contributed by atoms with van der Waals surface area (Å²) < 4.78 is 0.